The molecule has 0 aliphatic carbocycles. The summed E-state index contributed by atoms with van der Waals surface area (Å²) in [5, 5.41) is 4.91. The number of methoxy groups -OCH3 is 1. The van der Waals surface area contributed by atoms with E-state index in [0.29, 0.717) is 13.2 Å². The monoisotopic (exact) mass is 508 g/mol. The van der Waals surface area contributed by atoms with Crippen LogP contribution in [0.4, 0.5) is 0 Å². The third-order valence-electron chi connectivity index (χ3n) is 7.45. The van der Waals surface area contributed by atoms with E-state index >= 15 is 0 Å². The molecule has 0 radical (unpaired) electrons. The Hall–Kier alpha value is -4.03. The summed E-state index contributed by atoms with van der Waals surface area (Å²) in [7, 11) is 1.67. The average Bonchev–Trinajstić information content (AvgIpc) is 3.34. The smallest absolute Gasteiger partial charge is 0.251 e. The molecule has 2 aliphatic rings. The van der Waals surface area contributed by atoms with Crippen molar-refractivity contribution in [1.29, 1.82) is 0 Å². The predicted octanol–water partition coefficient (Wildman–Crippen LogP) is 6.42. The van der Waals surface area contributed by atoms with Crippen LogP contribution < -0.4 is 19.5 Å². The molecular formula is C32H32N2O4. The first kappa shape index (κ1) is 24.3. The van der Waals surface area contributed by atoms with E-state index in [0.717, 1.165) is 62.6 Å². The van der Waals surface area contributed by atoms with Crippen LogP contribution in [0.2, 0.25) is 0 Å². The van der Waals surface area contributed by atoms with Gasteiger partial charge in [-0.3, -0.25) is 9.69 Å². The van der Waals surface area contributed by atoms with Crippen molar-refractivity contribution >= 4 is 16.7 Å². The zero-order chi connectivity index (χ0) is 25.9. The van der Waals surface area contributed by atoms with Crippen LogP contribution in [0.5, 0.6) is 23.0 Å². The zero-order valence-corrected chi connectivity index (χ0v) is 21.7. The lowest BCUT2D eigenvalue weighted by Crippen LogP contribution is -2.33. The number of carbonyl (C=O) groups is 1. The van der Waals surface area contributed by atoms with Crippen molar-refractivity contribution in [2.75, 3.05) is 33.4 Å². The molecule has 6 rings (SSSR count). The highest BCUT2D eigenvalue weighted by Gasteiger charge is 2.21. The largest absolute Gasteiger partial charge is 0.497 e. The first-order valence-corrected chi connectivity index (χ1v) is 13.3. The van der Waals surface area contributed by atoms with Crippen LogP contribution in [0, 0.1) is 0 Å². The molecule has 1 fully saturated rings. The highest BCUT2D eigenvalue weighted by molar-refractivity contribution is 6.00. The van der Waals surface area contributed by atoms with Gasteiger partial charge in [0.05, 0.1) is 7.11 Å². The summed E-state index contributed by atoms with van der Waals surface area (Å²) in [4.78, 5) is 14.5. The fourth-order valence-corrected chi connectivity index (χ4v) is 5.34. The summed E-state index contributed by atoms with van der Waals surface area (Å²) >= 11 is 0. The molecule has 1 saturated heterocycles. The van der Waals surface area contributed by atoms with Gasteiger partial charge in [-0.2, -0.15) is 0 Å². The first-order chi connectivity index (χ1) is 18.7. The Labute approximate surface area is 223 Å². The molecule has 1 amide bonds. The number of fused-ring (bicyclic) bond motifs is 2. The van der Waals surface area contributed by atoms with E-state index in [1.54, 1.807) is 7.11 Å². The number of nitrogens with zero attached hydrogens (tertiary/aromatic N) is 1. The van der Waals surface area contributed by atoms with Crippen LogP contribution in [-0.4, -0.2) is 44.2 Å². The highest BCUT2D eigenvalue weighted by Crippen LogP contribution is 2.41. The third kappa shape index (κ3) is 5.04. The average molecular weight is 509 g/mol. The predicted molar refractivity (Wildman–Crippen MR) is 149 cm³/mol. The van der Waals surface area contributed by atoms with E-state index in [-0.39, 0.29) is 5.91 Å². The Balaban J connectivity index is 1.27. The number of carbonyl (C=O) groups excluding carboxylic acids is 1. The molecule has 0 bridgehead atoms. The van der Waals surface area contributed by atoms with Crippen LogP contribution in [0.1, 0.15) is 35.2 Å². The molecule has 0 spiro atoms. The second-order valence-corrected chi connectivity index (χ2v) is 9.91. The van der Waals surface area contributed by atoms with Crippen LogP contribution in [0.3, 0.4) is 0 Å². The maximum absolute atomic E-state index is 12.1. The van der Waals surface area contributed by atoms with Crippen molar-refractivity contribution in [3.63, 3.8) is 0 Å². The normalized spacial score (nSPS) is 15.2. The lowest BCUT2D eigenvalue weighted by molar-refractivity contribution is 0.0965. The van der Waals surface area contributed by atoms with Gasteiger partial charge in [-0.25, -0.2) is 0 Å². The van der Waals surface area contributed by atoms with E-state index in [4.69, 9.17) is 14.2 Å². The van der Waals surface area contributed by atoms with Gasteiger partial charge in [0.2, 0.25) is 0 Å². The van der Waals surface area contributed by atoms with Gasteiger partial charge in [0, 0.05) is 29.6 Å². The Morgan fingerprint density at radius 1 is 0.816 bits per heavy atom. The molecule has 0 saturated carbocycles. The Morgan fingerprint density at radius 3 is 2.39 bits per heavy atom. The quantitative estimate of drug-likeness (QED) is 0.298. The van der Waals surface area contributed by atoms with Crippen molar-refractivity contribution in [2.24, 2.45) is 0 Å². The fraction of sp³-hybridized carbons (Fsp3) is 0.281. The number of hydrogen-bond donors (Lipinski definition) is 1. The molecule has 0 unspecified atom stereocenters. The maximum atomic E-state index is 12.1. The Kier molecular flexibility index (Phi) is 6.88. The SMILES string of the molecule is COc1ccc2c(Oc3ccc(OCCN4CCCCC4)cc3)c(-c3ccc4c(c3)CNC4=O)ccc2c1. The van der Waals surface area contributed by atoms with E-state index in [2.05, 4.69) is 28.4 Å². The lowest BCUT2D eigenvalue weighted by Gasteiger charge is -2.26. The summed E-state index contributed by atoms with van der Waals surface area (Å²) in [6.07, 6.45) is 3.92. The van der Waals surface area contributed by atoms with Crippen molar-refractivity contribution in [2.45, 2.75) is 25.8 Å². The highest BCUT2D eigenvalue weighted by atomic mass is 16.5. The number of rotatable bonds is 8. The number of piperidine rings is 1. The molecule has 38 heavy (non-hydrogen) atoms. The van der Waals surface area contributed by atoms with E-state index in [1.165, 1.54) is 32.4 Å². The van der Waals surface area contributed by atoms with Crippen LogP contribution >= 0.6 is 0 Å². The lowest BCUT2D eigenvalue weighted by atomic mass is 9.96. The molecule has 1 N–H and O–H groups in total. The minimum Gasteiger partial charge on any atom is -0.497 e. The summed E-state index contributed by atoms with van der Waals surface area (Å²) in [5.41, 5.74) is 3.70. The maximum Gasteiger partial charge on any atom is 0.251 e. The topological polar surface area (TPSA) is 60.0 Å². The number of ether oxygens (including phenoxy) is 3. The first-order valence-electron chi connectivity index (χ1n) is 13.3. The van der Waals surface area contributed by atoms with Gasteiger partial charge < -0.3 is 19.5 Å². The second kappa shape index (κ2) is 10.8. The minimum absolute atomic E-state index is 0.0214. The zero-order valence-electron chi connectivity index (χ0n) is 21.7. The Bertz CT molecular complexity index is 1460. The fourth-order valence-electron chi connectivity index (χ4n) is 5.34. The van der Waals surface area contributed by atoms with E-state index in [1.807, 2.05) is 54.6 Å². The minimum atomic E-state index is -0.0214. The number of hydrogen-bond acceptors (Lipinski definition) is 5. The van der Waals surface area contributed by atoms with Gasteiger partial charge in [-0.05, 0) is 103 Å². The molecule has 4 aromatic rings. The van der Waals surface area contributed by atoms with Gasteiger partial charge in [0.1, 0.15) is 29.6 Å². The van der Waals surface area contributed by atoms with Crippen LogP contribution in [0.15, 0.2) is 72.8 Å². The number of amides is 1. The molecule has 194 valence electrons. The molecule has 2 aliphatic heterocycles. The molecule has 6 nitrogen and oxygen atoms in total. The number of benzene rings is 4. The van der Waals surface area contributed by atoms with Crippen LogP contribution in [-0.2, 0) is 6.54 Å². The van der Waals surface area contributed by atoms with Crippen molar-refractivity contribution in [1.82, 2.24) is 10.2 Å². The molecular weight excluding hydrogens is 476 g/mol. The molecule has 4 aromatic carbocycles. The van der Waals surface area contributed by atoms with Gasteiger partial charge >= 0.3 is 0 Å². The summed E-state index contributed by atoms with van der Waals surface area (Å²) in [6, 6.07) is 23.9. The Morgan fingerprint density at radius 2 is 1.58 bits per heavy atom. The summed E-state index contributed by atoms with van der Waals surface area (Å²) < 4.78 is 18.0. The molecule has 2 heterocycles. The van der Waals surface area contributed by atoms with Crippen molar-refractivity contribution in [3.05, 3.63) is 83.9 Å². The molecule has 6 heteroatoms. The van der Waals surface area contributed by atoms with Crippen molar-refractivity contribution < 1.29 is 19.0 Å². The van der Waals surface area contributed by atoms with Gasteiger partial charge in [-0.1, -0.05) is 18.6 Å². The van der Waals surface area contributed by atoms with Crippen molar-refractivity contribution in [3.8, 4) is 34.1 Å². The van der Waals surface area contributed by atoms with E-state index in [9.17, 15) is 4.79 Å². The van der Waals surface area contributed by atoms with Gasteiger partial charge in [-0.15, -0.1) is 0 Å². The number of likely N-dealkylation sites (tertiary alicyclic amines) is 1. The van der Waals surface area contributed by atoms with Gasteiger partial charge in [0.25, 0.3) is 5.91 Å². The number of nitrogens with one attached hydrogen (secondary N) is 1. The standard InChI is InChI=1S/C32H32N2O4/c1-36-27-11-14-29-23(20-27)5-12-28(22-6-13-30-24(19-22)21-33-32(30)35)31(29)38-26-9-7-25(8-10-26)37-18-17-34-15-3-2-4-16-34/h5-14,19-20H,2-4,15-18,21H2,1H3,(H,33,35). The molecule has 0 aromatic heterocycles. The summed E-state index contributed by atoms with van der Waals surface area (Å²) in [5.74, 6) is 3.11. The second-order valence-electron chi connectivity index (χ2n) is 9.91. The van der Waals surface area contributed by atoms with Gasteiger partial charge in [0.15, 0.2) is 0 Å². The summed E-state index contributed by atoms with van der Waals surface area (Å²) in [6.45, 7) is 4.54. The van der Waals surface area contributed by atoms with E-state index < -0.39 is 0 Å². The van der Waals surface area contributed by atoms with Crippen LogP contribution in [0.25, 0.3) is 21.9 Å². The third-order valence-corrected chi connectivity index (χ3v) is 7.45. The molecule has 0 atom stereocenters.